The van der Waals surface area contributed by atoms with E-state index in [9.17, 15) is 9.50 Å². The van der Waals surface area contributed by atoms with E-state index in [1.165, 1.54) is 25.3 Å². The molecule has 0 aliphatic rings. The predicted octanol–water partition coefficient (Wildman–Crippen LogP) is 1.70. The van der Waals surface area contributed by atoms with Crippen molar-refractivity contribution < 1.29 is 19.3 Å². The van der Waals surface area contributed by atoms with Gasteiger partial charge in [-0.05, 0) is 24.3 Å². The number of phenolic OH excluding ortho intramolecular Hbond substituents is 1. The zero-order valence-corrected chi connectivity index (χ0v) is 7.70. The molecule has 0 aromatic heterocycles. The number of aliphatic hydroxyl groups is 1. The van der Waals surface area contributed by atoms with Crippen LogP contribution < -0.4 is 4.74 Å². The van der Waals surface area contributed by atoms with Crippen LogP contribution in [0.15, 0.2) is 24.3 Å². The molecule has 0 spiro atoms. The lowest BCUT2D eigenvalue weighted by atomic mass is 10.1. The van der Waals surface area contributed by atoms with Gasteiger partial charge in [0, 0.05) is 5.56 Å². The number of benzene rings is 1. The molecule has 0 unspecified atom stereocenters. The lowest BCUT2D eigenvalue weighted by Crippen LogP contribution is -1.86. The zero-order valence-electron chi connectivity index (χ0n) is 7.70. The number of hydrogen-bond donors (Lipinski definition) is 2. The number of rotatable bonds is 3. The fourth-order valence-electron chi connectivity index (χ4n) is 1.02. The molecule has 0 aliphatic carbocycles. The minimum atomic E-state index is -0.550. The summed E-state index contributed by atoms with van der Waals surface area (Å²) >= 11 is 0. The summed E-state index contributed by atoms with van der Waals surface area (Å²) < 4.78 is 18.0. The molecule has 1 rings (SSSR count). The average Bonchev–Trinajstić information content (AvgIpc) is 2.19. The molecule has 14 heavy (non-hydrogen) atoms. The molecule has 0 amide bonds. The minimum absolute atomic E-state index is 0.0481. The molecule has 0 radical (unpaired) electrons. The largest absolute Gasteiger partial charge is 0.504 e. The number of hydrogen-bond acceptors (Lipinski definition) is 3. The molecule has 0 saturated carbocycles. The molecule has 76 valence electrons. The van der Waals surface area contributed by atoms with Gasteiger partial charge in [0.15, 0.2) is 11.5 Å². The Balaban J connectivity index is 3.06. The number of halogens is 1. The summed E-state index contributed by atoms with van der Waals surface area (Å²) in [6.07, 6.45) is 1.03. The van der Waals surface area contributed by atoms with Gasteiger partial charge in [-0.1, -0.05) is 0 Å². The summed E-state index contributed by atoms with van der Waals surface area (Å²) in [5.41, 5.74) is 0.258. The second-order valence-electron chi connectivity index (χ2n) is 2.62. The molecule has 2 N–H and O–H groups in total. The number of aromatic hydroxyl groups is 1. The Morgan fingerprint density at radius 1 is 1.57 bits per heavy atom. The fourth-order valence-corrected chi connectivity index (χ4v) is 1.02. The van der Waals surface area contributed by atoms with E-state index in [0.29, 0.717) is 0 Å². The van der Waals surface area contributed by atoms with Gasteiger partial charge in [0.2, 0.25) is 0 Å². The summed E-state index contributed by atoms with van der Waals surface area (Å²) in [7, 11) is 1.38. The molecular formula is C10H11FO3. The van der Waals surface area contributed by atoms with Gasteiger partial charge in [0.25, 0.3) is 0 Å². The Hall–Kier alpha value is -1.55. The summed E-state index contributed by atoms with van der Waals surface area (Å²) in [6.45, 7) is -0.366. The third-order valence-electron chi connectivity index (χ3n) is 1.73. The lowest BCUT2D eigenvalue weighted by molar-refractivity contribution is 0.342. The minimum Gasteiger partial charge on any atom is -0.504 e. The van der Waals surface area contributed by atoms with Crippen LogP contribution in [-0.2, 0) is 0 Å². The van der Waals surface area contributed by atoms with Crippen molar-refractivity contribution in [3.8, 4) is 11.5 Å². The van der Waals surface area contributed by atoms with Gasteiger partial charge < -0.3 is 14.9 Å². The number of phenols is 1. The van der Waals surface area contributed by atoms with Crippen molar-refractivity contribution in [3.63, 3.8) is 0 Å². The Bertz CT molecular complexity index is 347. The van der Waals surface area contributed by atoms with E-state index in [-0.39, 0.29) is 23.7 Å². The van der Waals surface area contributed by atoms with Crippen LogP contribution >= 0.6 is 0 Å². The Morgan fingerprint density at radius 3 is 2.86 bits per heavy atom. The van der Waals surface area contributed by atoms with Gasteiger partial charge in [-0.2, -0.15) is 0 Å². The average molecular weight is 198 g/mol. The van der Waals surface area contributed by atoms with Crippen LogP contribution in [0, 0.1) is 0 Å². The maximum Gasteiger partial charge on any atom is 0.161 e. The van der Waals surface area contributed by atoms with Crippen molar-refractivity contribution in [2.45, 2.75) is 0 Å². The van der Waals surface area contributed by atoms with E-state index in [1.54, 1.807) is 0 Å². The van der Waals surface area contributed by atoms with Crippen LogP contribution in [0.5, 0.6) is 11.5 Å². The van der Waals surface area contributed by atoms with Gasteiger partial charge in [0.05, 0.1) is 13.7 Å². The highest BCUT2D eigenvalue weighted by molar-refractivity contribution is 5.62. The molecule has 1 aromatic carbocycles. The van der Waals surface area contributed by atoms with Gasteiger partial charge in [-0.25, -0.2) is 4.39 Å². The van der Waals surface area contributed by atoms with Crippen molar-refractivity contribution >= 4 is 5.83 Å². The number of methoxy groups -OCH3 is 1. The molecule has 0 bridgehead atoms. The second kappa shape index (κ2) is 4.62. The van der Waals surface area contributed by atoms with Crippen molar-refractivity contribution in [3.05, 3.63) is 29.8 Å². The van der Waals surface area contributed by atoms with Gasteiger partial charge in [-0.3, -0.25) is 0 Å². The fraction of sp³-hybridized carbons (Fsp3) is 0.200. The van der Waals surface area contributed by atoms with Crippen molar-refractivity contribution in [2.75, 3.05) is 13.7 Å². The first-order valence-corrected chi connectivity index (χ1v) is 4.03. The van der Waals surface area contributed by atoms with E-state index in [2.05, 4.69) is 0 Å². The summed E-state index contributed by atoms with van der Waals surface area (Å²) in [5.74, 6) is -0.400. The Kier molecular flexibility index (Phi) is 3.48. The molecule has 0 fully saturated rings. The highest BCUT2D eigenvalue weighted by Gasteiger charge is 2.05. The molecular weight excluding hydrogens is 187 g/mol. The molecule has 0 heterocycles. The molecule has 3 nitrogen and oxygen atoms in total. The van der Waals surface area contributed by atoms with E-state index < -0.39 is 5.83 Å². The summed E-state index contributed by atoms with van der Waals surface area (Å²) in [4.78, 5) is 0. The first-order valence-electron chi connectivity index (χ1n) is 4.03. The predicted molar refractivity (Wildman–Crippen MR) is 50.8 cm³/mol. The first kappa shape index (κ1) is 10.5. The number of aliphatic hydroxyl groups excluding tert-OH is 1. The van der Waals surface area contributed by atoms with Crippen LogP contribution in [0.3, 0.4) is 0 Å². The molecule has 1 aromatic rings. The molecule has 4 heteroatoms. The smallest absolute Gasteiger partial charge is 0.161 e. The first-order chi connectivity index (χ1) is 6.69. The SMILES string of the molecule is COc1cc(C(F)=CCO)ccc1O. The van der Waals surface area contributed by atoms with Crippen molar-refractivity contribution in [2.24, 2.45) is 0 Å². The standard InChI is InChI=1S/C10H11FO3/c1-14-10-6-7(2-3-9(10)13)8(11)4-5-12/h2-4,6,12-13H,5H2,1H3. The lowest BCUT2D eigenvalue weighted by Gasteiger charge is -2.04. The highest BCUT2D eigenvalue weighted by atomic mass is 19.1. The highest BCUT2D eigenvalue weighted by Crippen LogP contribution is 2.29. The van der Waals surface area contributed by atoms with Gasteiger partial charge in [0.1, 0.15) is 5.83 Å². The molecule has 0 aliphatic heterocycles. The van der Waals surface area contributed by atoms with Crippen LogP contribution in [0.1, 0.15) is 5.56 Å². The summed E-state index contributed by atoms with van der Waals surface area (Å²) in [6, 6.07) is 4.09. The van der Waals surface area contributed by atoms with Crippen LogP contribution in [0.2, 0.25) is 0 Å². The van der Waals surface area contributed by atoms with E-state index in [1.807, 2.05) is 0 Å². The van der Waals surface area contributed by atoms with E-state index in [4.69, 9.17) is 9.84 Å². The topological polar surface area (TPSA) is 49.7 Å². The van der Waals surface area contributed by atoms with Gasteiger partial charge >= 0.3 is 0 Å². The van der Waals surface area contributed by atoms with E-state index in [0.717, 1.165) is 6.08 Å². The zero-order chi connectivity index (χ0) is 10.6. The normalized spacial score (nSPS) is 11.5. The molecule has 0 atom stereocenters. The van der Waals surface area contributed by atoms with E-state index >= 15 is 0 Å². The van der Waals surface area contributed by atoms with Crippen molar-refractivity contribution in [1.82, 2.24) is 0 Å². The Labute approximate surface area is 81.1 Å². The quantitative estimate of drug-likeness (QED) is 0.777. The third kappa shape index (κ3) is 2.23. The molecule has 0 saturated heterocycles. The van der Waals surface area contributed by atoms with Crippen LogP contribution in [-0.4, -0.2) is 23.9 Å². The van der Waals surface area contributed by atoms with Crippen LogP contribution in [0.4, 0.5) is 4.39 Å². The third-order valence-corrected chi connectivity index (χ3v) is 1.73. The maximum absolute atomic E-state index is 13.1. The van der Waals surface area contributed by atoms with Gasteiger partial charge in [-0.15, -0.1) is 0 Å². The Morgan fingerprint density at radius 2 is 2.29 bits per heavy atom. The van der Waals surface area contributed by atoms with Crippen LogP contribution in [0.25, 0.3) is 5.83 Å². The second-order valence-corrected chi connectivity index (χ2v) is 2.62. The monoisotopic (exact) mass is 198 g/mol. The summed E-state index contributed by atoms with van der Waals surface area (Å²) in [5, 5.41) is 17.7. The van der Waals surface area contributed by atoms with Crippen molar-refractivity contribution in [1.29, 1.82) is 0 Å². The number of ether oxygens (including phenoxy) is 1. The maximum atomic E-state index is 13.1.